The molecule has 0 saturated heterocycles. The Morgan fingerprint density at radius 3 is 2.66 bits per heavy atom. The number of esters is 1. The van der Waals surface area contributed by atoms with E-state index in [9.17, 15) is 4.79 Å². The molecule has 0 spiro atoms. The van der Waals surface area contributed by atoms with Gasteiger partial charge in [0.15, 0.2) is 5.65 Å². The van der Waals surface area contributed by atoms with Gasteiger partial charge in [-0.2, -0.15) is 5.10 Å². The third-order valence-corrected chi connectivity index (χ3v) is 6.05. The SMILES string of the molecule is COc1ccccc1-c1nc(COC(=O)c2cc(C(C)C)nc3c2cnn3C(C)C)cs1. The average Bonchev–Trinajstić information content (AvgIpc) is 3.43. The molecule has 7 nitrogen and oxygen atoms in total. The van der Waals surface area contributed by atoms with Gasteiger partial charge in [0.2, 0.25) is 0 Å². The van der Waals surface area contributed by atoms with Crippen molar-refractivity contribution in [2.75, 3.05) is 7.11 Å². The number of carbonyl (C=O) groups excluding carboxylic acids is 1. The summed E-state index contributed by atoms with van der Waals surface area (Å²) in [6.45, 7) is 8.26. The summed E-state index contributed by atoms with van der Waals surface area (Å²) in [6, 6.07) is 9.66. The number of methoxy groups -OCH3 is 1. The molecule has 0 aliphatic rings. The minimum Gasteiger partial charge on any atom is -0.496 e. The molecule has 0 aliphatic carbocycles. The zero-order valence-electron chi connectivity index (χ0n) is 18.8. The highest BCUT2D eigenvalue weighted by molar-refractivity contribution is 7.13. The highest BCUT2D eigenvalue weighted by Crippen LogP contribution is 2.32. The van der Waals surface area contributed by atoms with Crippen LogP contribution in [0, 0.1) is 0 Å². The van der Waals surface area contributed by atoms with E-state index in [2.05, 4.69) is 10.1 Å². The maximum absolute atomic E-state index is 13.0. The van der Waals surface area contributed by atoms with Crippen LogP contribution in [0.2, 0.25) is 0 Å². The highest BCUT2D eigenvalue weighted by atomic mass is 32.1. The van der Waals surface area contributed by atoms with Gasteiger partial charge in [-0.3, -0.25) is 0 Å². The quantitative estimate of drug-likeness (QED) is 0.340. The molecule has 0 amide bonds. The van der Waals surface area contributed by atoms with Crippen molar-refractivity contribution in [2.45, 2.75) is 46.3 Å². The second kappa shape index (κ2) is 9.08. The Balaban J connectivity index is 1.58. The van der Waals surface area contributed by atoms with Crippen molar-refractivity contribution in [3.05, 3.63) is 58.9 Å². The molecular weight excluding hydrogens is 424 g/mol. The minimum atomic E-state index is -0.408. The van der Waals surface area contributed by atoms with Crippen LogP contribution in [0.25, 0.3) is 21.6 Å². The van der Waals surface area contributed by atoms with Crippen molar-refractivity contribution in [2.24, 2.45) is 0 Å². The summed E-state index contributed by atoms with van der Waals surface area (Å²) in [5.41, 5.74) is 3.61. The first-order valence-corrected chi connectivity index (χ1v) is 11.4. The second-order valence-corrected chi connectivity index (χ2v) is 8.95. The molecule has 0 atom stereocenters. The lowest BCUT2D eigenvalue weighted by molar-refractivity contribution is 0.0470. The number of aromatic nitrogens is 4. The van der Waals surface area contributed by atoms with Crippen molar-refractivity contribution >= 4 is 28.3 Å². The van der Waals surface area contributed by atoms with E-state index >= 15 is 0 Å². The molecule has 4 rings (SSSR count). The molecule has 0 unspecified atom stereocenters. The summed E-state index contributed by atoms with van der Waals surface area (Å²) in [5, 5.41) is 7.85. The fraction of sp³-hybridized carbons (Fsp3) is 0.333. The molecule has 166 valence electrons. The molecule has 0 radical (unpaired) electrons. The maximum atomic E-state index is 13.0. The number of nitrogens with zero attached hydrogens (tertiary/aromatic N) is 4. The number of thiazole rings is 1. The van der Waals surface area contributed by atoms with Crippen LogP contribution < -0.4 is 4.74 Å². The van der Waals surface area contributed by atoms with Gasteiger partial charge in [0.05, 0.1) is 35.5 Å². The number of fused-ring (bicyclic) bond motifs is 1. The molecule has 0 N–H and O–H groups in total. The number of para-hydroxylation sites is 1. The molecular formula is C24H26N4O3S. The number of rotatable bonds is 7. The highest BCUT2D eigenvalue weighted by Gasteiger charge is 2.20. The Hall–Kier alpha value is -3.26. The zero-order valence-corrected chi connectivity index (χ0v) is 19.6. The first-order valence-electron chi connectivity index (χ1n) is 10.5. The fourth-order valence-electron chi connectivity index (χ4n) is 3.42. The van der Waals surface area contributed by atoms with Gasteiger partial charge in [-0.25, -0.2) is 19.4 Å². The second-order valence-electron chi connectivity index (χ2n) is 8.09. The van der Waals surface area contributed by atoms with Gasteiger partial charge in [-0.1, -0.05) is 26.0 Å². The van der Waals surface area contributed by atoms with Crippen molar-refractivity contribution in [1.29, 1.82) is 0 Å². The van der Waals surface area contributed by atoms with Gasteiger partial charge in [-0.15, -0.1) is 11.3 Å². The number of hydrogen-bond donors (Lipinski definition) is 0. The molecule has 0 aliphatic heterocycles. The molecule has 4 aromatic rings. The number of ether oxygens (including phenoxy) is 2. The van der Waals surface area contributed by atoms with Gasteiger partial charge in [-0.05, 0) is 38.0 Å². The zero-order chi connectivity index (χ0) is 22.8. The summed E-state index contributed by atoms with van der Waals surface area (Å²) >= 11 is 1.49. The number of carbonyl (C=O) groups is 1. The van der Waals surface area contributed by atoms with E-state index in [1.807, 2.05) is 68.1 Å². The standard InChI is InChI=1S/C24H26N4O3S/c1-14(2)20-10-18(19-11-25-28(15(3)4)22(19)27-20)24(29)31-12-16-13-32-23(26-16)17-8-6-7-9-21(17)30-5/h6-11,13-15H,12H2,1-5H3. The lowest BCUT2D eigenvalue weighted by atomic mass is 10.1. The molecule has 3 aromatic heterocycles. The van der Waals surface area contributed by atoms with Gasteiger partial charge < -0.3 is 9.47 Å². The molecule has 32 heavy (non-hydrogen) atoms. The third kappa shape index (κ3) is 4.23. The van der Waals surface area contributed by atoms with Crippen molar-refractivity contribution in [3.8, 4) is 16.3 Å². The number of benzene rings is 1. The largest absolute Gasteiger partial charge is 0.496 e. The lowest BCUT2D eigenvalue weighted by Gasteiger charge is -2.12. The number of pyridine rings is 1. The topological polar surface area (TPSA) is 79.1 Å². The Morgan fingerprint density at radius 2 is 1.94 bits per heavy atom. The average molecular weight is 451 g/mol. The monoisotopic (exact) mass is 450 g/mol. The van der Waals surface area contributed by atoms with Crippen molar-refractivity contribution < 1.29 is 14.3 Å². The van der Waals surface area contributed by atoms with Crippen LogP contribution in [-0.4, -0.2) is 32.8 Å². The Labute approximate surface area is 191 Å². The first-order chi connectivity index (χ1) is 15.4. The number of hydrogen-bond acceptors (Lipinski definition) is 7. The Morgan fingerprint density at radius 1 is 1.16 bits per heavy atom. The van der Waals surface area contributed by atoms with E-state index < -0.39 is 5.97 Å². The summed E-state index contributed by atoms with van der Waals surface area (Å²) in [5.74, 6) is 0.519. The van der Waals surface area contributed by atoms with Crippen molar-refractivity contribution in [3.63, 3.8) is 0 Å². The van der Waals surface area contributed by atoms with E-state index in [4.69, 9.17) is 14.5 Å². The lowest BCUT2D eigenvalue weighted by Crippen LogP contribution is -2.10. The van der Waals surface area contributed by atoms with Crippen LogP contribution in [0.1, 0.15) is 61.4 Å². The van der Waals surface area contributed by atoms with Crippen LogP contribution in [0.3, 0.4) is 0 Å². The third-order valence-electron chi connectivity index (χ3n) is 5.13. The normalized spacial score (nSPS) is 11.5. The van der Waals surface area contributed by atoms with Gasteiger partial charge in [0.1, 0.15) is 17.4 Å². The molecule has 3 heterocycles. The van der Waals surface area contributed by atoms with E-state index in [1.54, 1.807) is 13.3 Å². The smallest absolute Gasteiger partial charge is 0.339 e. The van der Waals surface area contributed by atoms with Gasteiger partial charge in [0, 0.05) is 17.1 Å². The fourth-order valence-corrected chi connectivity index (χ4v) is 4.25. The van der Waals surface area contributed by atoms with E-state index in [0.29, 0.717) is 22.3 Å². The summed E-state index contributed by atoms with van der Waals surface area (Å²) in [7, 11) is 1.64. The van der Waals surface area contributed by atoms with Gasteiger partial charge >= 0.3 is 5.97 Å². The summed E-state index contributed by atoms with van der Waals surface area (Å²) in [4.78, 5) is 22.4. The molecule has 8 heteroatoms. The summed E-state index contributed by atoms with van der Waals surface area (Å²) in [6.07, 6.45) is 1.69. The van der Waals surface area contributed by atoms with E-state index in [0.717, 1.165) is 22.0 Å². The maximum Gasteiger partial charge on any atom is 0.339 e. The van der Waals surface area contributed by atoms with Crippen LogP contribution in [0.4, 0.5) is 0 Å². The van der Waals surface area contributed by atoms with Crippen molar-refractivity contribution in [1.82, 2.24) is 19.7 Å². The van der Waals surface area contributed by atoms with Crippen LogP contribution in [-0.2, 0) is 11.3 Å². The Bertz CT molecular complexity index is 1260. The van der Waals surface area contributed by atoms with Crippen LogP contribution >= 0.6 is 11.3 Å². The van der Waals surface area contributed by atoms with E-state index in [1.165, 1.54) is 11.3 Å². The molecule has 0 saturated carbocycles. The molecule has 0 bridgehead atoms. The van der Waals surface area contributed by atoms with E-state index in [-0.39, 0.29) is 18.6 Å². The van der Waals surface area contributed by atoms with Crippen LogP contribution in [0.15, 0.2) is 41.9 Å². The Kier molecular flexibility index (Phi) is 6.23. The minimum absolute atomic E-state index is 0.0869. The first kappa shape index (κ1) is 22.0. The van der Waals surface area contributed by atoms with Gasteiger partial charge in [0.25, 0.3) is 0 Å². The summed E-state index contributed by atoms with van der Waals surface area (Å²) < 4.78 is 12.9. The predicted octanol–water partition coefficient (Wildman–Crippen LogP) is 5.62. The molecule has 1 aromatic carbocycles. The molecule has 0 fully saturated rings. The van der Waals surface area contributed by atoms with Crippen LogP contribution in [0.5, 0.6) is 5.75 Å². The predicted molar refractivity (Wildman–Crippen MR) is 125 cm³/mol.